The molecule has 0 aromatic heterocycles. The Balaban J connectivity index is 1.93. The SMILES string of the molecule is CCc1ccc(CN2CCC(C)(CN)C2)cc1. The minimum Gasteiger partial charge on any atom is -0.330 e. The number of benzene rings is 1. The first-order valence-corrected chi connectivity index (χ1v) is 6.65. The number of likely N-dealkylation sites (tertiary alicyclic amines) is 1. The molecule has 1 aliphatic heterocycles. The van der Waals surface area contributed by atoms with Crippen molar-refractivity contribution in [2.24, 2.45) is 11.1 Å². The van der Waals surface area contributed by atoms with E-state index in [9.17, 15) is 0 Å². The zero-order valence-corrected chi connectivity index (χ0v) is 11.1. The number of rotatable bonds is 4. The first kappa shape index (κ1) is 12.6. The minimum absolute atomic E-state index is 0.337. The van der Waals surface area contributed by atoms with Crippen LogP contribution in [0.15, 0.2) is 24.3 Å². The van der Waals surface area contributed by atoms with Crippen LogP contribution in [0.2, 0.25) is 0 Å². The van der Waals surface area contributed by atoms with Crippen molar-refractivity contribution in [1.82, 2.24) is 4.90 Å². The lowest BCUT2D eigenvalue weighted by atomic mass is 9.90. The van der Waals surface area contributed by atoms with Gasteiger partial charge >= 0.3 is 0 Å². The van der Waals surface area contributed by atoms with Gasteiger partial charge in [-0.1, -0.05) is 38.1 Å². The second-order valence-corrected chi connectivity index (χ2v) is 5.65. The number of hydrogen-bond donors (Lipinski definition) is 1. The maximum absolute atomic E-state index is 5.83. The Hall–Kier alpha value is -0.860. The van der Waals surface area contributed by atoms with Crippen LogP contribution in [0.4, 0.5) is 0 Å². The topological polar surface area (TPSA) is 29.3 Å². The van der Waals surface area contributed by atoms with Gasteiger partial charge in [0.2, 0.25) is 0 Å². The Labute approximate surface area is 105 Å². The van der Waals surface area contributed by atoms with Crippen LogP contribution >= 0.6 is 0 Å². The predicted octanol–water partition coefficient (Wildman–Crippen LogP) is 2.42. The summed E-state index contributed by atoms with van der Waals surface area (Å²) in [6.45, 7) is 8.69. The van der Waals surface area contributed by atoms with Crippen molar-refractivity contribution in [2.75, 3.05) is 19.6 Å². The van der Waals surface area contributed by atoms with E-state index in [1.54, 1.807) is 0 Å². The highest BCUT2D eigenvalue weighted by molar-refractivity contribution is 5.22. The quantitative estimate of drug-likeness (QED) is 0.864. The molecule has 0 radical (unpaired) electrons. The Morgan fingerprint density at radius 1 is 1.24 bits per heavy atom. The molecule has 94 valence electrons. The molecule has 1 aliphatic rings. The van der Waals surface area contributed by atoms with Crippen molar-refractivity contribution in [3.05, 3.63) is 35.4 Å². The van der Waals surface area contributed by atoms with Gasteiger partial charge in [0, 0.05) is 13.1 Å². The summed E-state index contributed by atoms with van der Waals surface area (Å²) in [4.78, 5) is 2.52. The fourth-order valence-corrected chi connectivity index (χ4v) is 2.57. The molecule has 1 aromatic rings. The second kappa shape index (κ2) is 5.19. The van der Waals surface area contributed by atoms with Crippen LogP contribution in [0.5, 0.6) is 0 Å². The average molecular weight is 232 g/mol. The number of nitrogens with zero attached hydrogens (tertiary/aromatic N) is 1. The maximum Gasteiger partial charge on any atom is 0.0233 e. The average Bonchev–Trinajstić information content (AvgIpc) is 2.73. The van der Waals surface area contributed by atoms with Gasteiger partial charge in [-0.05, 0) is 42.5 Å². The Morgan fingerprint density at radius 2 is 1.88 bits per heavy atom. The monoisotopic (exact) mass is 232 g/mol. The van der Waals surface area contributed by atoms with Gasteiger partial charge in [-0.25, -0.2) is 0 Å². The minimum atomic E-state index is 0.337. The molecule has 17 heavy (non-hydrogen) atoms. The molecule has 1 unspecified atom stereocenters. The molecule has 0 aliphatic carbocycles. The molecule has 2 heteroatoms. The van der Waals surface area contributed by atoms with Gasteiger partial charge in [0.25, 0.3) is 0 Å². The van der Waals surface area contributed by atoms with E-state index in [2.05, 4.69) is 43.0 Å². The van der Waals surface area contributed by atoms with Gasteiger partial charge in [-0.15, -0.1) is 0 Å². The zero-order chi connectivity index (χ0) is 12.3. The molecular formula is C15H24N2. The van der Waals surface area contributed by atoms with E-state index in [-0.39, 0.29) is 0 Å². The summed E-state index contributed by atoms with van der Waals surface area (Å²) < 4.78 is 0. The molecule has 2 rings (SSSR count). The van der Waals surface area contributed by atoms with Gasteiger partial charge in [0.1, 0.15) is 0 Å². The van der Waals surface area contributed by atoms with Crippen LogP contribution in [0.1, 0.15) is 31.4 Å². The summed E-state index contributed by atoms with van der Waals surface area (Å²) in [5, 5.41) is 0. The molecule has 0 bridgehead atoms. The third-order valence-corrected chi connectivity index (χ3v) is 3.97. The molecule has 1 aromatic carbocycles. The number of hydrogen-bond acceptors (Lipinski definition) is 2. The highest BCUT2D eigenvalue weighted by atomic mass is 15.2. The van der Waals surface area contributed by atoms with Crippen LogP contribution in [-0.4, -0.2) is 24.5 Å². The zero-order valence-electron chi connectivity index (χ0n) is 11.1. The Bertz CT molecular complexity index is 358. The fraction of sp³-hybridized carbons (Fsp3) is 0.600. The summed E-state index contributed by atoms with van der Waals surface area (Å²) in [5.74, 6) is 0. The first-order chi connectivity index (χ1) is 8.15. The molecule has 2 nitrogen and oxygen atoms in total. The number of nitrogens with two attached hydrogens (primary N) is 1. The number of aryl methyl sites for hydroxylation is 1. The first-order valence-electron chi connectivity index (χ1n) is 6.65. The highest BCUT2D eigenvalue weighted by Gasteiger charge is 2.32. The normalized spacial score (nSPS) is 25.4. The van der Waals surface area contributed by atoms with E-state index in [1.807, 2.05) is 0 Å². The van der Waals surface area contributed by atoms with Crippen molar-refractivity contribution in [2.45, 2.75) is 33.2 Å². The predicted molar refractivity (Wildman–Crippen MR) is 72.9 cm³/mol. The second-order valence-electron chi connectivity index (χ2n) is 5.65. The molecule has 1 atom stereocenters. The summed E-state index contributed by atoms with van der Waals surface area (Å²) >= 11 is 0. The van der Waals surface area contributed by atoms with Crippen molar-refractivity contribution >= 4 is 0 Å². The van der Waals surface area contributed by atoms with Crippen LogP contribution < -0.4 is 5.73 Å². The smallest absolute Gasteiger partial charge is 0.0233 e. The summed E-state index contributed by atoms with van der Waals surface area (Å²) in [7, 11) is 0. The summed E-state index contributed by atoms with van der Waals surface area (Å²) in [6.07, 6.45) is 2.35. The van der Waals surface area contributed by atoms with Crippen molar-refractivity contribution in [3.63, 3.8) is 0 Å². The van der Waals surface area contributed by atoms with E-state index >= 15 is 0 Å². The third-order valence-electron chi connectivity index (χ3n) is 3.97. The molecule has 0 spiro atoms. The maximum atomic E-state index is 5.83. The van der Waals surface area contributed by atoms with Crippen LogP contribution in [0.3, 0.4) is 0 Å². The fourth-order valence-electron chi connectivity index (χ4n) is 2.57. The van der Waals surface area contributed by atoms with E-state index < -0.39 is 0 Å². The summed E-state index contributed by atoms with van der Waals surface area (Å²) in [5.41, 5.74) is 9.01. The Kier molecular flexibility index (Phi) is 3.85. The van der Waals surface area contributed by atoms with Gasteiger partial charge in [0.05, 0.1) is 0 Å². The lowest BCUT2D eigenvalue weighted by Crippen LogP contribution is -2.31. The standard InChI is InChI=1S/C15H24N2/c1-3-13-4-6-14(7-5-13)10-17-9-8-15(2,11-16)12-17/h4-7H,3,8-12,16H2,1-2H3. The van der Waals surface area contributed by atoms with Crippen molar-refractivity contribution in [1.29, 1.82) is 0 Å². The largest absolute Gasteiger partial charge is 0.330 e. The van der Waals surface area contributed by atoms with Crippen molar-refractivity contribution < 1.29 is 0 Å². The highest BCUT2D eigenvalue weighted by Crippen LogP contribution is 2.29. The molecule has 0 saturated carbocycles. The lowest BCUT2D eigenvalue weighted by Gasteiger charge is -2.22. The molecule has 1 saturated heterocycles. The third kappa shape index (κ3) is 3.08. The van der Waals surface area contributed by atoms with Gasteiger partial charge in [-0.2, -0.15) is 0 Å². The molecular weight excluding hydrogens is 208 g/mol. The molecule has 0 amide bonds. The van der Waals surface area contributed by atoms with Crippen LogP contribution in [0, 0.1) is 5.41 Å². The van der Waals surface area contributed by atoms with E-state index in [1.165, 1.54) is 24.1 Å². The van der Waals surface area contributed by atoms with Crippen LogP contribution in [-0.2, 0) is 13.0 Å². The van der Waals surface area contributed by atoms with Gasteiger partial charge in [-0.3, -0.25) is 4.90 Å². The Morgan fingerprint density at radius 3 is 2.41 bits per heavy atom. The lowest BCUT2D eigenvalue weighted by molar-refractivity contribution is 0.274. The van der Waals surface area contributed by atoms with Crippen LogP contribution in [0.25, 0.3) is 0 Å². The van der Waals surface area contributed by atoms with Gasteiger partial charge in [0.15, 0.2) is 0 Å². The van der Waals surface area contributed by atoms with E-state index in [4.69, 9.17) is 5.73 Å². The molecule has 2 N–H and O–H groups in total. The molecule has 1 heterocycles. The van der Waals surface area contributed by atoms with E-state index in [0.29, 0.717) is 5.41 Å². The summed E-state index contributed by atoms with van der Waals surface area (Å²) in [6, 6.07) is 9.01. The van der Waals surface area contributed by atoms with Gasteiger partial charge < -0.3 is 5.73 Å². The van der Waals surface area contributed by atoms with E-state index in [0.717, 1.165) is 26.1 Å². The molecule has 1 fully saturated rings. The van der Waals surface area contributed by atoms with Crippen molar-refractivity contribution in [3.8, 4) is 0 Å².